The van der Waals surface area contributed by atoms with Crippen molar-refractivity contribution in [2.75, 3.05) is 6.54 Å². The molecular weight excluding hydrogens is 380 g/mol. The summed E-state index contributed by atoms with van der Waals surface area (Å²) >= 11 is 3.49. The summed E-state index contributed by atoms with van der Waals surface area (Å²) in [5.41, 5.74) is 7.93. The van der Waals surface area contributed by atoms with Crippen LogP contribution in [0.25, 0.3) is 11.3 Å². The Bertz CT molecular complexity index is 661. The van der Waals surface area contributed by atoms with Crippen molar-refractivity contribution in [2.45, 2.75) is 25.3 Å². The predicted octanol–water partition coefficient (Wildman–Crippen LogP) is 3.12. The van der Waals surface area contributed by atoms with E-state index in [-0.39, 0.29) is 24.4 Å². The number of H-pyrrole nitrogens is 1. The van der Waals surface area contributed by atoms with E-state index in [0.717, 1.165) is 30.5 Å². The zero-order chi connectivity index (χ0) is 15.5. The topological polar surface area (TPSA) is 83.8 Å². The number of carbonyl (C=O) groups is 1. The first-order chi connectivity index (χ1) is 10.7. The number of hydrogen-bond acceptors (Lipinski definition) is 3. The molecule has 2 unspecified atom stereocenters. The molecule has 1 saturated carbocycles. The van der Waals surface area contributed by atoms with E-state index in [4.69, 9.17) is 5.73 Å². The summed E-state index contributed by atoms with van der Waals surface area (Å²) in [5.74, 6) is 0.242. The summed E-state index contributed by atoms with van der Waals surface area (Å²) < 4.78 is 0.693. The molecule has 2 aromatic rings. The van der Waals surface area contributed by atoms with Crippen molar-refractivity contribution < 1.29 is 4.79 Å². The van der Waals surface area contributed by atoms with Crippen molar-refractivity contribution in [2.24, 2.45) is 11.7 Å². The highest BCUT2D eigenvalue weighted by atomic mass is 79.9. The van der Waals surface area contributed by atoms with Gasteiger partial charge in [-0.3, -0.25) is 9.89 Å². The van der Waals surface area contributed by atoms with Gasteiger partial charge in [-0.25, -0.2) is 0 Å². The van der Waals surface area contributed by atoms with Crippen molar-refractivity contribution >= 4 is 34.2 Å². The molecule has 0 spiro atoms. The first kappa shape index (κ1) is 18.0. The molecule has 124 valence electrons. The fourth-order valence-electron chi connectivity index (χ4n) is 3.02. The molecule has 5 nitrogen and oxygen atoms in total. The van der Waals surface area contributed by atoms with Crippen LogP contribution in [-0.2, 0) is 0 Å². The number of halogens is 2. The molecule has 0 aliphatic heterocycles. The summed E-state index contributed by atoms with van der Waals surface area (Å²) in [6.45, 7) is 0.615. The van der Waals surface area contributed by atoms with Crippen molar-refractivity contribution in [1.82, 2.24) is 15.5 Å². The third-order valence-electron chi connectivity index (χ3n) is 4.26. The second-order valence-electron chi connectivity index (χ2n) is 5.63. The number of aromatic amines is 1. The smallest absolute Gasteiger partial charge is 0.270 e. The minimum Gasteiger partial charge on any atom is -0.348 e. The number of nitrogens with one attached hydrogen (secondary N) is 2. The fourth-order valence-corrected chi connectivity index (χ4v) is 3.60. The number of benzene rings is 1. The number of nitrogens with two attached hydrogens (primary N) is 1. The first-order valence-electron chi connectivity index (χ1n) is 7.51. The third-order valence-corrected chi connectivity index (χ3v) is 5.03. The van der Waals surface area contributed by atoms with Gasteiger partial charge in [0.1, 0.15) is 11.4 Å². The summed E-state index contributed by atoms with van der Waals surface area (Å²) in [5, 5.41) is 10.2. The van der Waals surface area contributed by atoms with E-state index >= 15 is 0 Å². The zero-order valence-electron chi connectivity index (χ0n) is 12.6. The molecule has 1 aromatic heterocycles. The quantitative estimate of drug-likeness (QED) is 0.738. The Morgan fingerprint density at radius 3 is 2.78 bits per heavy atom. The van der Waals surface area contributed by atoms with Gasteiger partial charge in [-0.05, 0) is 41.2 Å². The van der Waals surface area contributed by atoms with Crippen molar-refractivity contribution in [3.05, 3.63) is 40.5 Å². The van der Waals surface area contributed by atoms with E-state index < -0.39 is 0 Å². The lowest BCUT2D eigenvalue weighted by molar-refractivity contribution is 0.0923. The van der Waals surface area contributed by atoms with Gasteiger partial charge in [0.15, 0.2) is 0 Å². The standard InChI is InChI=1S/C16H19BrN4O.ClH/c17-13-14(10-5-2-1-3-6-10)20-21-15(13)16(22)19-12-8-4-7-11(12)9-18;/h1-3,5-6,11-12H,4,7-9,18H2,(H,19,22)(H,20,21);1H. The number of aromatic nitrogens is 2. The molecule has 1 aliphatic carbocycles. The van der Waals surface area contributed by atoms with Crippen LogP contribution in [-0.4, -0.2) is 28.7 Å². The van der Waals surface area contributed by atoms with Crippen LogP contribution >= 0.6 is 28.3 Å². The van der Waals surface area contributed by atoms with E-state index in [2.05, 4.69) is 31.4 Å². The number of hydrogen-bond donors (Lipinski definition) is 3. The summed E-state index contributed by atoms with van der Waals surface area (Å²) in [6, 6.07) is 9.92. The van der Waals surface area contributed by atoms with Gasteiger partial charge in [0.25, 0.3) is 5.91 Å². The molecule has 4 N–H and O–H groups in total. The van der Waals surface area contributed by atoms with Crippen LogP contribution < -0.4 is 11.1 Å². The van der Waals surface area contributed by atoms with Crippen LogP contribution in [0.3, 0.4) is 0 Å². The third kappa shape index (κ3) is 3.76. The van der Waals surface area contributed by atoms with Gasteiger partial charge in [-0.15, -0.1) is 12.4 Å². The van der Waals surface area contributed by atoms with Crippen molar-refractivity contribution in [1.29, 1.82) is 0 Å². The van der Waals surface area contributed by atoms with E-state index in [1.54, 1.807) is 0 Å². The summed E-state index contributed by atoms with van der Waals surface area (Å²) in [6.07, 6.45) is 3.19. The fraction of sp³-hybridized carbons (Fsp3) is 0.375. The largest absolute Gasteiger partial charge is 0.348 e. The molecule has 2 atom stereocenters. The van der Waals surface area contributed by atoms with Crippen LogP contribution in [0.1, 0.15) is 29.8 Å². The molecule has 1 heterocycles. The average molecular weight is 400 g/mol. The van der Waals surface area contributed by atoms with Gasteiger partial charge in [-0.2, -0.15) is 5.10 Å². The second kappa shape index (κ2) is 7.95. The van der Waals surface area contributed by atoms with Gasteiger partial charge in [-0.1, -0.05) is 36.8 Å². The predicted molar refractivity (Wildman–Crippen MR) is 96.6 cm³/mol. The summed E-state index contributed by atoms with van der Waals surface area (Å²) in [7, 11) is 0. The van der Waals surface area contributed by atoms with Crippen molar-refractivity contribution in [3.8, 4) is 11.3 Å². The number of rotatable bonds is 4. The molecular formula is C16H20BrClN4O. The lowest BCUT2D eigenvalue weighted by Crippen LogP contribution is -2.40. The molecule has 0 bridgehead atoms. The van der Waals surface area contributed by atoms with Crippen LogP contribution in [0, 0.1) is 5.92 Å². The van der Waals surface area contributed by atoms with Crippen LogP contribution in [0.2, 0.25) is 0 Å². The maximum Gasteiger partial charge on any atom is 0.270 e. The zero-order valence-corrected chi connectivity index (χ0v) is 15.0. The van der Waals surface area contributed by atoms with Gasteiger partial charge in [0.2, 0.25) is 0 Å². The van der Waals surface area contributed by atoms with Crippen molar-refractivity contribution in [3.63, 3.8) is 0 Å². The van der Waals surface area contributed by atoms with E-state index in [1.165, 1.54) is 0 Å². The molecule has 1 aromatic carbocycles. The Kier molecular flexibility index (Phi) is 6.21. The lowest BCUT2D eigenvalue weighted by Gasteiger charge is -2.19. The van der Waals surface area contributed by atoms with Gasteiger partial charge in [0.05, 0.1) is 4.47 Å². The number of nitrogens with zero attached hydrogens (tertiary/aromatic N) is 1. The Hall–Kier alpha value is -1.37. The first-order valence-corrected chi connectivity index (χ1v) is 8.30. The monoisotopic (exact) mass is 398 g/mol. The van der Waals surface area contributed by atoms with Gasteiger partial charge >= 0.3 is 0 Å². The molecule has 23 heavy (non-hydrogen) atoms. The number of carbonyl (C=O) groups excluding carboxylic acids is 1. The number of amides is 1. The van der Waals surface area contributed by atoms with E-state index in [9.17, 15) is 4.79 Å². The van der Waals surface area contributed by atoms with Gasteiger partial charge < -0.3 is 11.1 Å². The highest BCUT2D eigenvalue weighted by Gasteiger charge is 2.29. The minimum absolute atomic E-state index is 0. The van der Waals surface area contributed by atoms with E-state index in [0.29, 0.717) is 22.6 Å². The van der Waals surface area contributed by atoms with Gasteiger partial charge in [0, 0.05) is 11.6 Å². The molecule has 1 fully saturated rings. The molecule has 7 heteroatoms. The Morgan fingerprint density at radius 1 is 1.35 bits per heavy atom. The molecule has 0 radical (unpaired) electrons. The normalized spacial score (nSPS) is 20.1. The minimum atomic E-state index is -0.132. The molecule has 1 amide bonds. The Morgan fingerprint density at radius 2 is 2.09 bits per heavy atom. The van der Waals surface area contributed by atoms with Crippen LogP contribution in [0.5, 0.6) is 0 Å². The SMILES string of the molecule is Cl.NCC1CCCC1NC(=O)c1[nH]nc(-c2ccccc2)c1Br. The Labute approximate surface area is 150 Å². The highest BCUT2D eigenvalue weighted by Crippen LogP contribution is 2.29. The molecule has 3 rings (SSSR count). The average Bonchev–Trinajstić information content (AvgIpc) is 3.14. The van der Waals surface area contributed by atoms with Crippen LogP contribution in [0.15, 0.2) is 34.8 Å². The second-order valence-corrected chi connectivity index (χ2v) is 6.43. The van der Waals surface area contributed by atoms with E-state index in [1.807, 2.05) is 30.3 Å². The van der Waals surface area contributed by atoms with Crippen LogP contribution in [0.4, 0.5) is 0 Å². The summed E-state index contributed by atoms with van der Waals surface area (Å²) in [4.78, 5) is 12.5. The Balaban J connectivity index is 0.00000192. The maximum atomic E-state index is 12.5. The lowest BCUT2D eigenvalue weighted by atomic mass is 10.0. The molecule has 1 aliphatic rings. The maximum absolute atomic E-state index is 12.5. The highest BCUT2D eigenvalue weighted by molar-refractivity contribution is 9.10. The molecule has 0 saturated heterocycles.